The van der Waals surface area contributed by atoms with Gasteiger partial charge in [-0.05, 0) is 31.4 Å². The van der Waals surface area contributed by atoms with Crippen LogP contribution in [0.15, 0.2) is 24.5 Å². The molecule has 0 amide bonds. The second kappa shape index (κ2) is 6.08. The van der Waals surface area contributed by atoms with E-state index >= 15 is 0 Å². The maximum absolute atomic E-state index is 9.32. The van der Waals surface area contributed by atoms with E-state index in [1.807, 2.05) is 31.4 Å². The topological polar surface area (TPSA) is 84.1 Å². The monoisotopic (exact) mass is 278 g/mol. The highest BCUT2D eigenvalue weighted by Crippen LogP contribution is 2.23. The number of nitrogen functional groups attached to an aromatic ring is 1. The van der Waals surface area contributed by atoms with Crippen LogP contribution in [0.4, 0.5) is 11.5 Å². The number of benzene rings is 1. The number of aromatic nitrogens is 2. The van der Waals surface area contributed by atoms with E-state index in [9.17, 15) is 5.11 Å². The summed E-state index contributed by atoms with van der Waals surface area (Å²) in [6.07, 6.45) is 3.51. The lowest BCUT2D eigenvalue weighted by atomic mass is 10.2. The first-order chi connectivity index (χ1) is 9.15. The minimum Gasteiger partial charge on any atom is -0.399 e. The Hall–Kier alpha value is -1.53. The molecule has 0 aliphatic carbocycles. The summed E-state index contributed by atoms with van der Waals surface area (Å²) in [6, 6.07) is 5.65. The molecule has 6 heteroatoms. The van der Waals surface area contributed by atoms with E-state index in [1.54, 1.807) is 11.8 Å². The van der Waals surface area contributed by atoms with Crippen molar-refractivity contribution in [3.63, 3.8) is 0 Å². The van der Waals surface area contributed by atoms with Gasteiger partial charge in [0, 0.05) is 22.4 Å². The van der Waals surface area contributed by atoms with E-state index in [0.29, 0.717) is 5.69 Å². The third-order valence-corrected chi connectivity index (χ3v) is 4.23. The van der Waals surface area contributed by atoms with E-state index in [0.717, 1.165) is 16.7 Å². The molecule has 2 rings (SSSR count). The molecule has 0 radical (unpaired) electrons. The van der Waals surface area contributed by atoms with Crippen molar-refractivity contribution in [2.45, 2.75) is 18.2 Å². The number of fused-ring (bicyclic) bond motifs is 1. The number of aliphatic hydroxyl groups is 1. The zero-order valence-electron chi connectivity index (χ0n) is 11.0. The summed E-state index contributed by atoms with van der Waals surface area (Å²) in [5.41, 5.74) is 7.34. The van der Waals surface area contributed by atoms with Crippen LogP contribution in [0.25, 0.3) is 10.9 Å². The second-order valence-corrected chi connectivity index (χ2v) is 5.47. The Morgan fingerprint density at radius 2 is 2.21 bits per heavy atom. The fourth-order valence-corrected chi connectivity index (χ4v) is 2.56. The number of rotatable bonds is 5. The fraction of sp³-hybridized carbons (Fsp3) is 0.385. The van der Waals surface area contributed by atoms with Crippen LogP contribution in [0, 0.1) is 0 Å². The van der Waals surface area contributed by atoms with Crippen molar-refractivity contribution in [3.8, 4) is 0 Å². The van der Waals surface area contributed by atoms with E-state index in [2.05, 4.69) is 15.3 Å². The summed E-state index contributed by atoms with van der Waals surface area (Å²) < 4.78 is 0. The maximum atomic E-state index is 9.32. The van der Waals surface area contributed by atoms with Gasteiger partial charge < -0.3 is 16.2 Å². The molecule has 4 N–H and O–H groups in total. The van der Waals surface area contributed by atoms with E-state index < -0.39 is 0 Å². The van der Waals surface area contributed by atoms with Gasteiger partial charge in [0.1, 0.15) is 12.1 Å². The van der Waals surface area contributed by atoms with Gasteiger partial charge in [-0.3, -0.25) is 0 Å². The standard InChI is InChI=1S/C13H18N4OS/c1-8(12(6-18)19-2)17-13-10-5-9(14)3-4-11(10)15-7-16-13/h3-5,7-8,12,18H,6,14H2,1-2H3,(H,15,16,17). The zero-order valence-corrected chi connectivity index (χ0v) is 11.8. The van der Waals surface area contributed by atoms with Crippen molar-refractivity contribution >= 4 is 34.2 Å². The molecule has 0 saturated carbocycles. The van der Waals surface area contributed by atoms with Crippen LogP contribution in [-0.2, 0) is 0 Å². The van der Waals surface area contributed by atoms with Gasteiger partial charge in [0.2, 0.25) is 0 Å². The number of aliphatic hydroxyl groups excluding tert-OH is 1. The number of nitrogens with one attached hydrogen (secondary N) is 1. The van der Waals surface area contributed by atoms with Crippen molar-refractivity contribution in [2.75, 3.05) is 23.9 Å². The number of nitrogens with two attached hydrogens (primary N) is 1. The maximum Gasteiger partial charge on any atom is 0.137 e. The molecule has 0 aliphatic rings. The highest BCUT2D eigenvalue weighted by atomic mass is 32.2. The summed E-state index contributed by atoms with van der Waals surface area (Å²) in [4.78, 5) is 8.48. The highest BCUT2D eigenvalue weighted by Gasteiger charge is 2.16. The lowest BCUT2D eigenvalue weighted by molar-refractivity contribution is 0.288. The average Bonchev–Trinajstić information content (AvgIpc) is 2.41. The Kier molecular flexibility index (Phi) is 4.44. The zero-order chi connectivity index (χ0) is 13.8. The van der Waals surface area contributed by atoms with Crippen molar-refractivity contribution in [3.05, 3.63) is 24.5 Å². The molecule has 19 heavy (non-hydrogen) atoms. The summed E-state index contributed by atoms with van der Waals surface area (Å²) >= 11 is 1.63. The first-order valence-electron chi connectivity index (χ1n) is 6.06. The molecule has 0 saturated heterocycles. The Morgan fingerprint density at radius 3 is 2.89 bits per heavy atom. The Morgan fingerprint density at radius 1 is 1.42 bits per heavy atom. The van der Waals surface area contributed by atoms with Crippen molar-refractivity contribution < 1.29 is 5.11 Å². The largest absolute Gasteiger partial charge is 0.399 e. The van der Waals surface area contributed by atoms with Crippen LogP contribution in [0.1, 0.15) is 6.92 Å². The van der Waals surface area contributed by atoms with Crippen LogP contribution in [0.5, 0.6) is 0 Å². The molecule has 0 bridgehead atoms. The van der Waals surface area contributed by atoms with Gasteiger partial charge in [0.25, 0.3) is 0 Å². The summed E-state index contributed by atoms with van der Waals surface area (Å²) in [7, 11) is 0. The molecule has 1 heterocycles. The molecule has 0 fully saturated rings. The molecular formula is C13H18N4OS. The average molecular weight is 278 g/mol. The molecule has 2 aromatic rings. The van der Waals surface area contributed by atoms with Crippen LogP contribution < -0.4 is 11.1 Å². The lowest BCUT2D eigenvalue weighted by Gasteiger charge is -2.22. The predicted molar refractivity (Wildman–Crippen MR) is 81.4 cm³/mol. The second-order valence-electron chi connectivity index (χ2n) is 4.39. The molecule has 102 valence electrons. The number of nitrogens with zero attached hydrogens (tertiary/aromatic N) is 2. The fourth-order valence-electron chi connectivity index (χ4n) is 1.93. The quantitative estimate of drug-likeness (QED) is 0.722. The smallest absolute Gasteiger partial charge is 0.137 e. The highest BCUT2D eigenvalue weighted by molar-refractivity contribution is 7.99. The third-order valence-electron chi connectivity index (χ3n) is 3.06. The van der Waals surface area contributed by atoms with Crippen molar-refractivity contribution in [2.24, 2.45) is 0 Å². The SMILES string of the molecule is CSC(CO)C(C)Nc1ncnc2ccc(N)cc12. The van der Waals surface area contributed by atoms with Gasteiger partial charge in [-0.1, -0.05) is 0 Å². The Balaban J connectivity index is 2.32. The Bertz CT molecular complexity index is 559. The van der Waals surface area contributed by atoms with Crippen LogP contribution >= 0.6 is 11.8 Å². The molecule has 0 spiro atoms. The number of anilines is 2. The minimum absolute atomic E-state index is 0.0968. The van der Waals surface area contributed by atoms with Gasteiger partial charge in [-0.25, -0.2) is 9.97 Å². The third kappa shape index (κ3) is 3.08. The van der Waals surface area contributed by atoms with E-state index in [1.165, 1.54) is 6.33 Å². The normalized spacial score (nSPS) is 14.3. The number of hydrogen-bond donors (Lipinski definition) is 3. The van der Waals surface area contributed by atoms with Gasteiger partial charge >= 0.3 is 0 Å². The molecule has 0 aliphatic heterocycles. The predicted octanol–water partition coefficient (Wildman–Crippen LogP) is 1.74. The van der Waals surface area contributed by atoms with Gasteiger partial charge in [0.15, 0.2) is 0 Å². The summed E-state index contributed by atoms with van der Waals surface area (Å²) in [6.45, 7) is 2.15. The van der Waals surface area contributed by atoms with Gasteiger partial charge in [-0.15, -0.1) is 0 Å². The molecule has 1 aromatic heterocycles. The van der Waals surface area contributed by atoms with Crippen LogP contribution in [0.2, 0.25) is 0 Å². The number of hydrogen-bond acceptors (Lipinski definition) is 6. The van der Waals surface area contributed by atoms with Crippen LogP contribution in [-0.4, -0.2) is 39.2 Å². The van der Waals surface area contributed by atoms with Crippen molar-refractivity contribution in [1.29, 1.82) is 0 Å². The molecule has 1 aromatic carbocycles. The molecule has 5 nitrogen and oxygen atoms in total. The van der Waals surface area contributed by atoms with Gasteiger partial charge in [-0.2, -0.15) is 11.8 Å². The van der Waals surface area contributed by atoms with E-state index in [4.69, 9.17) is 5.73 Å². The number of thioether (sulfide) groups is 1. The van der Waals surface area contributed by atoms with E-state index in [-0.39, 0.29) is 17.9 Å². The molecule has 2 unspecified atom stereocenters. The summed E-state index contributed by atoms with van der Waals surface area (Å²) in [5.74, 6) is 0.748. The first-order valence-corrected chi connectivity index (χ1v) is 7.35. The van der Waals surface area contributed by atoms with Crippen molar-refractivity contribution in [1.82, 2.24) is 9.97 Å². The lowest BCUT2D eigenvalue weighted by Crippen LogP contribution is -2.31. The summed E-state index contributed by atoms with van der Waals surface area (Å²) in [5, 5.41) is 13.7. The van der Waals surface area contributed by atoms with Gasteiger partial charge in [0.05, 0.1) is 12.1 Å². The molecular weight excluding hydrogens is 260 g/mol. The first kappa shape index (κ1) is 13.9. The molecule has 2 atom stereocenters. The van der Waals surface area contributed by atoms with Crippen LogP contribution in [0.3, 0.4) is 0 Å². The Labute approximate surface area is 116 Å². The minimum atomic E-state index is 0.0968.